The van der Waals surface area contributed by atoms with Crippen molar-refractivity contribution in [2.45, 2.75) is 38.1 Å². The van der Waals surface area contributed by atoms with Crippen molar-refractivity contribution in [2.75, 3.05) is 20.3 Å². The number of unbranched alkanes of at least 4 members (excludes halogenated alkanes) is 1. The molecule has 0 radical (unpaired) electrons. The van der Waals surface area contributed by atoms with Crippen LogP contribution in [0.15, 0.2) is 24.3 Å². The van der Waals surface area contributed by atoms with Gasteiger partial charge >= 0.3 is 0 Å². The van der Waals surface area contributed by atoms with Gasteiger partial charge in [0.2, 0.25) is 0 Å². The molecule has 0 fully saturated rings. The maximum Gasteiger partial charge on any atom is 0.136 e. The fourth-order valence-corrected chi connectivity index (χ4v) is 1.80. The van der Waals surface area contributed by atoms with E-state index in [2.05, 4.69) is 12.1 Å². The Balaban J connectivity index is 0.00000191. The Bertz CT molecular complexity index is 355. The zero-order valence-corrected chi connectivity index (χ0v) is 12.8. The van der Waals surface area contributed by atoms with Crippen LogP contribution in [0.25, 0.3) is 0 Å². The molecule has 0 amide bonds. The maximum absolute atomic E-state index is 10.4. The van der Waals surface area contributed by atoms with Gasteiger partial charge in [-0.25, -0.2) is 0 Å². The van der Waals surface area contributed by atoms with Crippen LogP contribution in [0.3, 0.4) is 0 Å². The van der Waals surface area contributed by atoms with Crippen LogP contribution in [-0.4, -0.2) is 37.7 Å². The molecule has 1 rings (SSSR count). The number of carbonyl (C=O) groups excluding carboxylic acids is 1. The Labute approximate surface area is 127 Å². The molecule has 0 saturated carbocycles. The average molecular weight is 296 g/mol. The molecule has 1 atom stereocenters. The Morgan fingerprint density at radius 3 is 2.43 bits per heavy atom. The highest BCUT2D eigenvalue weighted by Crippen LogP contribution is 2.14. The fourth-order valence-electron chi connectivity index (χ4n) is 1.80. The second kappa shape index (κ2) is 13.5. The molecule has 0 saturated heterocycles. The summed E-state index contributed by atoms with van der Waals surface area (Å²) in [5, 5.41) is 7.00. The topological polar surface area (TPSA) is 98.6 Å². The number of rotatable bonds is 10. The first-order valence-electron chi connectivity index (χ1n) is 7.33. The van der Waals surface area contributed by atoms with Crippen molar-refractivity contribution in [2.24, 2.45) is 11.5 Å². The van der Waals surface area contributed by atoms with Crippen LogP contribution >= 0.6 is 0 Å². The molecular weight excluding hydrogens is 268 g/mol. The molecule has 0 bridgehead atoms. The van der Waals surface area contributed by atoms with Gasteiger partial charge in [0.25, 0.3) is 0 Å². The molecule has 5 nitrogen and oxygen atoms in total. The van der Waals surface area contributed by atoms with Crippen LogP contribution in [0.4, 0.5) is 0 Å². The second-order valence-electron chi connectivity index (χ2n) is 4.68. The number of hydrogen-bond acceptors (Lipinski definition) is 5. The molecule has 120 valence electrons. The molecule has 5 heteroatoms. The van der Waals surface area contributed by atoms with Gasteiger partial charge in [-0.05, 0) is 56.3 Å². The zero-order valence-electron chi connectivity index (χ0n) is 12.8. The molecular formula is C16H28N2O3. The quantitative estimate of drug-likeness (QED) is 0.446. The smallest absolute Gasteiger partial charge is 0.136 e. The van der Waals surface area contributed by atoms with Gasteiger partial charge in [0.15, 0.2) is 0 Å². The summed E-state index contributed by atoms with van der Waals surface area (Å²) in [7, 11) is 1.00. The lowest BCUT2D eigenvalue weighted by Crippen LogP contribution is -2.21. The Morgan fingerprint density at radius 1 is 1.19 bits per heavy atom. The molecule has 1 aromatic rings. The molecule has 1 unspecified atom stereocenters. The molecule has 0 aromatic heterocycles. The van der Waals surface area contributed by atoms with Gasteiger partial charge in [0.05, 0.1) is 12.6 Å². The van der Waals surface area contributed by atoms with Crippen molar-refractivity contribution in [3.05, 3.63) is 29.8 Å². The Morgan fingerprint density at radius 2 is 1.86 bits per heavy atom. The number of nitrogens with two attached hydrogens (primary N) is 2. The lowest BCUT2D eigenvalue weighted by Gasteiger charge is -2.07. The molecule has 5 N–H and O–H groups in total. The van der Waals surface area contributed by atoms with Gasteiger partial charge in [-0.2, -0.15) is 0 Å². The molecule has 21 heavy (non-hydrogen) atoms. The van der Waals surface area contributed by atoms with E-state index in [-0.39, 0.29) is 6.04 Å². The number of carbonyl (C=O) groups is 1. The highest BCUT2D eigenvalue weighted by atomic mass is 16.5. The minimum Gasteiger partial charge on any atom is -0.494 e. The summed E-state index contributed by atoms with van der Waals surface area (Å²) < 4.78 is 5.60. The third-order valence-electron chi connectivity index (χ3n) is 2.97. The van der Waals surface area contributed by atoms with Crippen LogP contribution in [0.5, 0.6) is 5.75 Å². The first-order chi connectivity index (χ1) is 10.3. The normalized spacial score (nSPS) is 11.2. The van der Waals surface area contributed by atoms with Crippen LogP contribution in [-0.2, 0) is 11.2 Å². The number of aldehydes is 1. The molecule has 0 aliphatic carbocycles. The third-order valence-corrected chi connectivity index (χ3v) is 2.97. The minimum atomic E-state index is -0.329. The standard InChI is InChI=1S/C15H24N2O2.CH4O/c16-10-1-2-11-19-15-8-6-13(7-9-15)4-3-5-14(17)12-18;1-2/h6-9,12,14H,1-5,10-11,16-17H2;2H,1H3. The van der Waals surface area contributed by atoms with Gasteiger partial charge in [0, 0.05) is 7.11 Å². The molecule has 0 aliphatic heterocycles. The number of aryl methyl sites for hydroxylation is 1. The van der Waals surface area contributed by atoms with E-state index in [9.17, 15) is 4.79 Å². The zero-order chi connectivity index (χ0) is 15.9. The second-order valence-corrected chi connectivity index (χ2v) is 4.68. The molecule has 0 spiro atoms. The number of hydrogen-bond donors (Lipinski definition) is 3. The largest absolute Gasteiger partial charge is 0.494 e. The SMILES string of the molecule is CO.NCCCCOc1ccc(CCCC(N)C=O)cc1. The fraction of sp³-hybridized carbons (Fsp3) is 0.562. The lowest BCUT2D eigenvalue weighted by molar-refractivity contribution is -0.109. The molecule has 0 aliphatic rings. The van der Waals surface area contributed by atoms with E-state index in [1.54, 1.807) is 0 Å². The summed E-state index contributed by atoms with van der Waals surface area (Å²) in [6, 6.07) is 7.76. The summed E-state index contributed by atoms with van der Waals surface area (Å²) in [5.41, 5.74) is 12.2. The van der Waals surface area contributed by atoms with Crippen molar-refractivity contribution < 1.29 is 14.6 Å². The van der Waals surface area contributed by atoms with Crippen LogP contribution in [0, 0.1) is 0 Å². The molecule has 1 aromatic carbocycles. The number of aliphatic hydroxyl groups excluding tert-OH is 1. The molecule has 0 heterocycles. The first-order valence-corrected chi connectivity index (χ1v) is 7.33. The Hall–Kier alpha value is -1.43. The van der Waals surface area contributed by atoms with Gasteiger partial charge in [-0.1, -0.05) is 12.1 Å². The van der Waals surface area contributed by atoms with Crippen LogP contribution in [0.1, 0.15) is 31.2 Å². The number of ether oxygens (including phenoxy) is 1. The van der Waals surface area contributed by atoms with E-state index < -0.39 is 0 Å². The van der Waals surface area contributed by atoms with E-state index in [1.165, 1.54) is 5.56 Å². The monoisotopic (exact) mass is 296 g/mol. The third kappa shape index (κ3) is 10.0. The van der Waals surface area contributed by atoms with E-state index >= 15 is 0 Å². The van der Waals surface area contributed by atoms with Crippen molar-refractivity contribution in [1.82, 2.24) is 0 Å². The summed E-state index contributed by atoms with van der Waals surface area (Å²) in [6.07, 6.45) is 5.39. The van der Waals surface area contributed by atoms with E-state index in [1.807, 2.05) is 12.1 Å². The predicted molar refractivity (Wildman–Crippen MR) is 85.3 cm³/mol. The first kappa shape index (κ1) is 19.6. The maximum atomic E-state index is 10.4. The van der Waals surface area contributed by atoms with E-state index in [4.69, 9.17) is 21.3 Å². The van der Waals surface area contributed by atoms with Crippen LogP contribution < -0.4 is 16.2 Å². The lowest BCUT2D eigenvalue weighted by atomic mass is 10.1. The highest BCUT2D eigenvalue weighted by molar-refractivity contribution is 5.56. The van der Waals surface area contributed by atoms with Gasteiger partial charge < -0.3 is 26.1 Å². The average Bonchev–Trinajstić information content (AvgIpc) is 2.54. The van der Waals surface area contributed by atoms with E-state index in [0.717, 1.165) is 51.2 Å². The summed E-state index contributed by atoms with van der Waals surface area (Å²) in [4.78, 5) is 10.4. The van der Waals surface area contributed by atoms with Gasteiger partial charge in [-0.3, -0.25) is 0 Å². The number of benzene rings is 1. The van der Waals surface area contributed by atoms with Crippen molar-refractivity contribution in [3.63, 3.8) is 0 Å². The van der Waals surface area contributed by atoms with Crippen molar-refractivity contribution in [1.29, 1.82) is 0 Å². The summed E-state index contributed by atoms with van der Waals surface area (Å²) >= 11 is 0. The minimum absolute atomic E-state index is 0.329. The van der Waals surface area contributed by atoms with E-state index in [0.29, 0.717) is 13.2 Å². The highest BCUT2D eigenvalue weighted by Gasteiger charge is 2.01. The van der Waals surface area contributed by atoms with Crippen molar-refractivity contribution >= 4 is 6.29 Å². The van der Waals surface area contributed by atoms with Gasteiger partial charge in [0.1, 0.15) is 12.0 Å². The van der Waals surface area contributed by atoms with Crippen LogP contribution in [0.2, 0.25) is 0 Å². The number of aliphatic hydroxyl groups is 1. The van der Waals surface area contributed by atoms with Gasteiger partial charge in [-0.15, -0.1) is 0 Å². The predicted octanol–water partition coefficient (Wildman–Crippen LogP) is 1.26. The summed E-state index contributed by atoms with van der Waals surface area (Å²) in [6.45, 7) is 1.43. The van der Waals surface area contributed by atoms with Crippen molar-refractivity contribution in [3.8, 4) is 5.75 Å². The Kier molecular flexibility index (Phi) is 12.6. The summed E-state index contributed by atoms with van der Waals surface area (Å²) in [5.74, 6) is 0.894.